The van der Waals surface area contributed by atoms with E-state index in [4.69, 9.17) is 27.1 Å². The highest BCUT2D eigenvalue weighted by Crippen LogP contribution is 2.39. The average Bonchev–Trinajstić information content (AvgIpc) is 3.14. The summed E-state index contributed by atoms with van der Waals surface area (Å²) in [5.41, 5.74) is 6.84. The van der Waals surface area contributed by atoms with Gasteiger partial charge in [-0.2, -0.15) is 8.42 Å². The van der Waals surface area contributed by atoms with E-state index in [1.165, 1.54) is 18.2 Å². The molecule has 0 spiro atoms. The minimum Gasteiger partial charge on any atom is -0.492 e. The number of carbonyl (C=O) groups is 1. The summed E-state index contributed by atoms with van der Waals surface area (Å²) in [5.74, 6) is 0.533. The van der Waals surface area contributed by atoms with Crippen molar-refractivity contribution in [3.8, 4) is 17.0 Å². The molecule has 38 heavy (non-hydrogen) atoms. The van der Waals surface area contributed by atoms with Gasteiger partial charge in [0.25, 0.3) is 15.9 Å². The molecule has 1 atom stereocenters. The molecule has 3 N–H and O–H groups in total. The zero-order valence-electron chi connectivity index (χ0n) is 21.9. The maximum Gasteiger partial charge on any atom is 0.281 e. The van der Waals surface area contributed by atoms with Gasteiger partial charge >= 0.3 is 0 Å². The van der Waals surface area contributed by atoms with E-state index >= 15 is 0 Å². The van der Waals surface area contributed by atoms with Crippen LogP contribution in [0.25, 0.3) is 11.3 Å². The second-order valence-corrected chi connectivity index (χ2v) is 12.2. The van der Waals surface area contributed by atoms with Crippen LogP contribution in [0, 0.1) is 5.92 Å². The van der Waals surface area contributed by atoms with Crippen LogP contribution in [0.3, 0.4) is 0 Å². The van der Waals surface area contributed by atoms with Crippen molar-refractivity contribution in [2.75, 3.05) is 23.8 Å². The molecular weight excluding hydrogens is 526 g/mol. The Kier molecular flexibility index (Phi) is 7.85. The Morgan fingerprint density at radius 1 is 1.21 bits per heavy atom. The van der Waals surface area contributed by atoms with Crippen molar-refractivity contribution in [1.29, 1.82) is 0 Å². The number of rotatable bonds is 8. The quantitative estimate of drug-likeness (QED) is 0.400. The molecule has 9 nitrogen and oxygen atoms in total. The number of carbonyl (C=O) groups excluding carboxylic acids is 1. The molecule has 1 unspecified atom stereocenters. The largest absolute Gasteiger partial charge is 0.492 e. The highest BCUT2D eigenvalue weighted by Gasteiger charge is 2.39. The Bertz CT molecular complexity index is 1460. The Balaban J connectivity index is 1.77. The molecule has 0 aliphatic carbocycles. The zero-order chi connectivity index (χ0) is 27.7. The highest BCUT2D eigenvalue weighted by molar-refractivity contribution is 7.90. The lowest BCUT2D eigenvalue weighted by Crippen LogP contribution is -2.41. The molecular formula is C27H32ClN5O4S. The van der Waals surface area contributed by atoms with Crippen LogP contribution in [0.4, 0.5) is 11.6 Å². The normalized spacial score (nSPS) is 16.9. The molecule has 0 bridgehead atoms. The smallest absolute Gasteiger partial charge is 0.281 e. The Morgan fingerprint density at radius 2 is 1.97 bits per heavy atom. The molecule has 2 aromatic heterocycles. The summed E-state index contributed by atoms with van der Waals surface area (Å²) in [7, 11) is -4.26. The van der Waals surface area contributed by atoms with Crippen molar-refractivity contribution in [1.82, 2.24) is 14.7 Å². The minimum atomic E-state index is -4.26. The summed E-state index contributed by atoms with van der Waals surface area (Å²) in [6, 6.07) is 12.9. The molecule has 1 fully saturated rings. The standard InChI is InChI=1S/C27H32ClN5O4S/c1-5-13-37-22-14-18(9-11-20(22)28)21-12-10-19(25(30-21)33-16-17(2)15-27(33,3)4)26(34)32-38(35,36)24-8-6-7-23(29)31-24/h6-12,14,17H,5,13,15-16H2,1-4H3,(H2,29,31)(H,32,34). The Morgan fingerprint density at radius 3 is 2.63 bits per heavy atom. The zero-order valence-corrected chi connectivity index (χ0v) is 23.4. The number of sulfonamides is 1. The van der Waals surface area contributed by atoms with Crippen molar-refractivity contribution >= 4 is 39.2 Å². The summed E-state index contributed by atoms with van der Waals surface area (Å²) < 4.78 is 33.7. The molecule has 1 amide bonds. The van der Waals surface area contributed by atoms with E-state index in [1.54, 1.807) is 18.2 Å². The van der Waals surface area contributed by atoms with Crippen LogP contribution < -0.4 is 20.1 Å². The number of nitrogens with one attached hydrogen (secondary N) is 1. The number of hydrogen-bond acceptors (Lipinski definition) is 8. The highest BCUT2D eigenvalue weighted by atomic mass is 35.5. The fourth-order valence-corrected chi connectivity index (χ4v) is 5.86. The molecule has 0 radical (unpaired) electrons. The van der Waals surface area contributed by atoms with Gasteiger partial charge in [0.2, 0.25) is 0 Å². The number of halogens is 1. The van der Waals surface area contributed by atoms with E-state index in [-0.39, 0.29) is 21.9 Å². The van der Waals surface area contributed by atoms with Crippen molar-refractivity contribution in [3.05, 3.63) is 59.1 Å². The summed E-state index contributed by atoms with van der Waals surface area (Å²) in [6.45, 7) is 9.50. The number of pyridine rings is 2. The third-order valence-electron chi connectivity index (χ3n) is 6.38. The lowest BCUT2D eigenvalue weighted by molar-refractivity contribution is 0.0981. The van der Waals surface area contributed by atoms with E-state index in [9.17, 15) is 13.2 Å². The number of aromatic nitrogens is 2. The SMILES string of the molecule is CCCOc1cc(-c2ccc(C(=O)NS(=O)(=O)c3cccc(N)n3)c(N3CC(C)CC3(C)C)n2)ccc1Cl. The van der Waals surface area contributed by atoms with Gasteiger partial charge in [-0.25, -0.2) is 14.7 Å². The molecule has 1 aliphatic rings. The fraction of sp³-hybridized carbons (Fsp3) is 0.370. The summed E-state index contributed by atoms with van der Waals surface area (Å²) in [6.07, 6.45) is 1.73. The number of nitrogen functional groups attached to an aromatic ring is 1. The molecule has 0 saturated carbocycles. The van der Waals surface area contributed by atoms with Gasteiger partial charge in [0.1, 0.15) is 17.4 Å². The third-order valence-corrected chi connectivity index (χ3v) is 7.93. The third kappa shape index (κ3) is 5.86. The lowest BCUT2D eigenvalue weighted by Gasteiger charge is -2.34. The first-order valence-corrected chi connectivity index (χ1v) is 14.3. The van der Waals surface area contributed by atoms with E-state index in [2.05, 4.69) is 35.4 Å². The molecule has 3 heterocycles. The maximum absolute atomic E-state index is 13.4. The van der Waals surface area contributed by atoms with E-state index in [1.807, 2.05) is 19.1 Å². The summed E-state index contributed by atoms with van der Waals surface area (Å²) >= 11 is 6.32. The minimum absolute atomic E-state index is 0.0325. The molecule has 1 aromatic carbocycles. The number of amides is 1. The number of nitrogens with zero attached hydrogens (tertiary/aromatic N) is 3. The number of hydrogen-bond donors (Lipinski definition) is 2. The maximum atomic E-state index is 13.4. The predicted octanol–water partition coefficient (Wildman–Crippen LogP) is 4.91. The Hall–Kier alpha value is -3.37. The molecule has 1 saturated heterocycles. The molecule has 4 rings (SSSR count). The van der Waals surface area contributed by atoms with Crippen LogP contribution >= 0.6 is 11.6 Å². The first-order chi connectivity index (χ1) is 17.9. The number of benzene rings is 1. The van der Waals surface area contributed by atoms with Crippen molar-refractivity contribution in [3.63, 3.8) is 0 Å². The van der Waals surface area contributed by atoms with E-state index < -0.39 is 15.9 Å². The van der Waals surface area contributed by atoms with Crippen molar-refractivity contribution in [2.24, 2.45) is 5.92 Å². The van der Waals surface area contributed by atoms with Gasteiger partial charge in [-0.3, -0.25) is 4.79 Å². The van der Waals surface area contributed by atoms with Crippen LogP contribution in [-0.2, 0) is 10.0 Å². The van der Waals surface area contributed by atoms with Crippen LogP contribution in [0.2, 0.25) is 5.02 Å². The molecule has 202 valence electrons. The van der Waals surface area contributed by atoms with Crippen LogP contribution in [0.1, 0.15) is 50.9 Å². The first-order valence-electron chi connectivity index (χ1n) is 12.4. The van der Waals surface area contributed by atoms with E-state index in [0.29, 0.717) is 41.4 Å². The van der Waals surface area contributed by atoms with Crippen LogP contribution in [0.5, 0.6) is 5.75 Å². The lowest BCUT2D eigenvalue weighted by atomic mass is 9.97. The van der Waals surface area contributed by atoms with Gasteiger partial charge in [0.05, 0.1) is 22.9 Å². The van der Waals surface area contributed by atoms with Crippen molar-refractivity contribution < 1.29 is 17.9 Å². The average molecular weight is 558 g/mol. The Labute approximate surface area is 228 Å². The van der Waals surface area contributed by atoms with Gasteiger partial charge in [-0.15, -0.1) is 0 Å². The summed E-state index contributed by atoms with van der Waals surface area (Å²) in [5, 5.41) is 0.154. The van der Waals surface area contributed by atoms with Crippen molar-refractivity contribution in [2.45, 2.75) is 51.1 Å². The molecule has 1 aliphatic heterocycles. The van der Waals surface area contributed by atoms with Gasteiger partial charge in [0.15, 0.2) is 5.03 Å². The summed E-state index contributed by atoms with van der Waals surface area (Å²) in [4.78, 5) is 24.2. The number of nitrogens with two attached hydrogens (primary N) is 1. The second kappa shape index (κ2) is 10.8. The molecule has 3 aromatic rings. The van der Waals surface area contributed by atoms with Crippen LogP contribution in [0.15, 0.2) is 53.6 Å². The monoisotopic (exact) mass is 557 g/mol. The van der Waals surface area contributed by atoms with E-state index in [0.717, 1.165) is 18.4 Å². The fourth-order valence-electron chi connectivity index (χ4n) is 4.75. The van der Waals surface area contributed by atoms with Gasteiger partial charge < -0.3 is 15.4 Å². The topological polar surface area (TPSA) is 128 Å². The van der Waals surface area contributed by atoms with Gasteiger partial charge in [-0.05, 0) is 69.0 Å². The predicted molar refractivity (Wildman–Crippen MR) is 149 cm³/mol. The molecule has 11 heteroatoms. The second-order valence-electron chi connectivity index (χ2n) is 10.1. The number of ether oxygens (including phenoxy) is 1. The van der Waals surface area contributed by atoms with Crippen LogP contribution in [-0.4, -0.2) is 43.0 Å². The first kappa shape index (κ1) is 27.7. The van der Waals surface area contributed by atoms with Gasteiger partial charge in [0, 0.05) is 17.6 Å². The van der Waals surface area contributed by atoms with Gasteiger partial charge in [-0.1, -0.05) is 37.6 Å². The number of anilines is 2.